The van der Waals surface area contributed by atoms with E-state index < -0.39 is 0 Å². The fraction of sp³-hybridized carbons (Fsp3) is 0.200. The highest BCUT2D eigenvalue weighted by atomic mass is 16.5. The Labute approximate surface area is 87.3 Å². The second kappa shape index (κ2) is 4.10. The van der Waals surface area contributed by atoms with Gasteiger partial charge < -0.3 is 10.5 Å². The van der Waals surface area contributed by atoms with Crippen LogP contribution < -0.4 is 10.5 Å². The number of H-pyrrole nitrogens is 1. The Morgan fingerprint density at radius 1 is 1.33 bits per heavy atom. The summed E-state index contributed by atoms with van der Waals surface area (Å²) < 4.78 is 5.06. The summed E-state index contributed by atoms with van der Waals surface area (Å²) in [6.07, 6.45) is 1.62. The SMILES string of the molecule is COc1ccc(C(N)c2cn[nH]n2)cc1. The van der Waals surface area contributed by atoms with E-state index in [0.717, 1.165) is 17.0 Å². The molecule has 0 aliphatic carbocycles. The van der Waals surface area contributed by atoms with E-state index in [1.165, 1.54) is 0 Å². The number of benzene rings is 1. The van der Waals surface area contributed by atoms with E-state index in [-0.39, 0.29) is 6.04 Å². The molecule has 2 aromatic rings. The van der Waals surface area contributed by atoms with Crippen molar-refractivity contribution in [1.29, 1.82) is 0 Å². The highest BCUT2D eigenvalue weighted by Crippen LogP contribution is 2.19. The standard InChI is InChI=1S/C10H12N4O/c1-15-8-4-2-7(3-5-8)10(11)9-6-12-14-13-9/h2-6,10H,11H2,1H3,(H,12,13,14). The molecule has 78 valence electrons. The predicted molar refractivity (Wildman–Crippen MR) is 55.4 cm³/mol. The zero-order chi connectivity index (χ0) is 10.7. The molecule has 1 atom stereocenters. The normalized spacial score (nSPS) is 12.4. The fourth-order valence-electron chi connectivity index (χ4n) is 1.34. The van der Waals surface area contributed by atoms with Gasteiger partial charge in [0.1, 0.15) is 11.4 Å². The van der Waals surface area contributed by atoms with Crippen LogP contribution in [0, 0.1) is 0 Å². The van der Waals surface area contributed by atoms with Crippen LogP contribution in [0.3, 0.4) is 0 Å². The number of hydrogen-bond acceptors (Lipinski definition) is 4. The van der Waals surface area contributed by atoms with Gasteiger partial charge in [0, 0.05) is 0 Å². The molecule has 2 rings (SSSR count). The summed E-state index contributed by atoms with van der Waals surface area (Å²) in [5, 5.41) is 10.2. The molecule has 0 saturated heterocycles. The Kier molecular flexibility index (Phi) is 2.64. The van der Waals surface area contributed by atoms with Gasteiger partial charge in [-0.05, 0) is 17.7 Å². The zero-order valence-electron chi connectivity index (χ0n) is 8.34. The van der Waals surface area contributed by atoms with Crippen LogP contribution >= 0.6 is 0 Å². The molecule has 0 bridgehead atoms. The first-order chi connectivity index (χ1) is 7.31. The van der Waals surface area contributed by atoms with Crippen LogP contribution in [0.5, 0.6) is 5.75 Å². The lowest BCUT2D eigenvalue weighted by Crippen LogP contribution is -2.12. The van der Waals surface area contributed by atoms with Crippen molar-refractivity contribution in [1.82, 2.24) is 15.4 Å². The number of rotatable bonds is 3. The van der Waals surface area contributed by atoms with Gasteiger partial charge in [0.25, 0.3) is 0 Å². The summed E-state index contributed by atoms with van der Waals surface area (Å²) in [7, 11) is 1.63. The van der Waals surface area contributed by atoms with Crippen molar-refractivity contribution in [2.24, 2.45) is 5.73 Å². The molecule has 3 N–H and O–H groups in total. The number of aromatic amines is 1. The van der Waals surface area contributed by atoms with Crippen molar-refractivity contribution >= 4 is 0 Å². The molecule has 0 aliphatic heterocycles. The molecular formula is C10H12N4O. The number of nitrogens with two attached hydrogens (primary N) is 1. The molecule has 1 unspecified atom stereocenters. The van der Waals surface area contributed by atoms with Crippen molar-refractivity contribution < 1.29 is 4.74 Å². The number of aromatic nitrogens is 3. The molecule has 0 fully saturated rings. The quantitative estimate of drug-likeness (QED) is 0.777. The minimum absolute atomic E-state index is 0.255. The summed E-state index contributed by atoms with van der Waals surface area (Å²) in [6, 6.07) is 7.32. The summed E-state index contributed by atoms with van der Waals surface area (Å²) in [5.41, 5.74) is 7.69. The third-order valence-electron chi connectivity index (χ3n) is 2.23. The van der Waals surface area contributed by atoms with Crippen LogP contribution in [0.4, 0.5) is 0 Å². The van der Waals surface area contributed by atoms with Gasteiger partial charge in [-0.15, -0.1) is 0 Å². The summed E-state index contributed by atoms with van der Waals surface area (Å²) >= 11 is 0. The molecule has 5 heteroatoms. The molecule has 1 heterocycles. The van der Waals surface area contributed by atoms with E-state index in [1.807, 2.05) is 24.3 Å². The van der Waals surface area contributed by atoms with Crippen LogP contribution in [-0.2, 0) is 0 Å². The largest absolute Gasteiger partial charge is 0.497 e. The zero-order valence-corrected chi connectivity index (χ0v) is 8.34. The van der Waals surface area contributed by atoms with Gasteiger partial charge in [-0.1, -0.05) is 12.1 Å². The Morgan fingerprint density at radius 3 is 2.60 bits per heavy atom. The lowest BCUT2D eigenvalue weighted by molar-refractivity contribution is 0.414. The maximum Gasteiger partial charge on any atom is 0.118 e. The third kappa shape index (κ3) is 1.97. The van der Waals surface area contributed by atoms with Crippen LogP contribution in [0.15, 0.2) is 30.5 Å². The van der Waals surface area contributed by atoms with Gasteiger partial charge in [-0.2, -0.15) is 15.4 Å². The molecule has 0 amide bonds. The Hall–Kier alpha value is -1.88. The summed E-state index contributed by atoms with van der Waals surface area (Å²) in [6.45, 7) is 0. The first-order valence-corrected chi connectivity index (χ1v) is 4.56. The van der Waals surface area contributed by atoms with Gasteiger partial charge >= 0.3 is 0 Å². The van der Waals surface area contributed by atoms with E-state index in [2.05, 4.69) is 15.4 Å². The highest BCUT2D eigenvalue weighted by molar-refractivity contribution is 5.32. The maximum absolute atomic E-state index is 5.99. The van der Waals surface area contributed by atoms with E-state index in [9.17, 15) is 0 Å². The first kappa shape index (κ1) is 9.67. The molecular weight excluding hydrogens is 192 g/mol. The summed E-state index contributed by atoms with van der Waals surface area (Å²) in [4.78, 5) is 0. The van der Waals surface area contributed by atoms with E-state index in [4.69, 9.17) is 10.5 Å². The van der Waals surface area contributed by atoms with E-state index in [0.29, 0.717) is 0 Å². The Bertz CT molecular complexity index is 409. The Balaban J connectivity index is 2.22. The predicted octanol–water partition coefficient (Wildman–Crippen LogP) is 0.861. The minimum Gasteiger partial charge on any atom is -0.497 e. The van der Waals surface area contributed by atoms with Crippen molar-refractivity contribution in [3.05, 3.63) is 41.7 Å². The number of nitrogens with zero attached hydrogens (tertiary/aromatic N) is 2. The second-order valence-corrected chi connectivity index (χ2v) is 3.15. The van der Waals surface area contributed by atoms with E-state index in [1.54, 1.807) is 13.3 Å². The highest BCUT2D eigenvalue weighted by Gasteiger charge is 2.10. The van der Waals surface area contributed by atoms with Crippen molar-refractivity contribution in [2.45, 2.75) is 6.04 Å². The van der Waals surface area contributed by atoms with Gasteiger partial charge in [-0.25, -0.2) is 0 Å². The molecule has 1 aromatic carbocycles. The monoisotopic (exact) mass is 204 g/mol. The number of hydrogen-bond donors (Lipinski definition) is 2. The lowest BCUT2D eigenvalue weighted by atomic mass is 10.1. The van der Waals surface area contributed by atoms with Crippen LogP contribution in [0.2, 0.25) is 0 Å². The molecule has 0 saturated carbocycles. The van der Waals surface area contributed by atoms with Crippen LogP contribution in [0.25, 0.3) is 0 Å². The number of methoxy groups -OCH3 is 1. The van der Waals surface area contributed by atoms with Crippen molar-refractivity contribution in [3.8, 4) is 5.75 Å². The van der Waals surface area contributed by atoms with Gasteiger partial charge in [-0.3, -0.25) is 0 Å². The molecule has 15 heavy (non-hydrogen) atoms. The first-order valence-electron chi connectivity index (χ1n) is 4.56. The van der Waals surface area contributed by atoms with Gasteiger partial charge in [0.05, 0.1) is 19.3 Å². The minimum atomic E-state index is -0.255. The fourth-order valence-corrected chi connectivity index (χ4v) is 1.34. The molecule has 0 radical (unpaired) electrons. The lowest BCUT2D eigenvalue weighted by Gasteiger charge is -2.08. The van der Waals surface area contributed by atoms with Crippen LogP contribution in [-0.4, -0.2) is 22.5 Å². The average Bonchev–Trinajstić information content (AvgIpc) is 2.82. The number of nitrogens with one attached hydrogen (secondary N) is 1. The van der Waals surface area contributed by atoms with Gasteiger partial charge in [0.2, 0.25) is 0 Å². The molecule has 0 aliphatic rings. The topological polar surface area (TPSA) is 76.8 Å². The molecule has 0 spiro atoms. The third-order valence-corrected chi connectivity index (χ3v) is 2.23. The second-order valence-electron chi connectivity index (χ2n) is 3.15. The summed E-state index contributed by atoms with van der Waals surface area (Å²) in [5.74, 6) is 0.811. The maximum atomic E-state index is 5.99. The molecule has 1 aromatic heterocycles. The van der Waals surface area contributed by atoms with Crippen molar-refractivity contribution in [3.63, 3.8) is 0 Å². The van der Waals surface area contributed by atoms with Crippen molar-refractivity contribution in [2.75, 3.05) is 7.11 Å². The smallest absolute Gasteiger partial charge is 0.118 e. The van der Waals surface area contributed by atoms with Crippen LogP contribution in [0.1, 0.15) is 17.3 Å². The van der Waals surface area contributed by atoms with Gasteiger partial charge in [0.15, 0.2) is 0 Å². The van der Waals surface area contributed by atoms with E-state index >= 15 is 0 Å². The average molecular weight is 204 g/mol. The Morgan fingerprint density at radius 2 is 2.07 bits per heavy atom. The number of ether oxygens (including phenoxy) is 1. The molecule has 5 nitrogen and oxygen atoms in total.